The van der Waals surface area contributed by atoms with E-state index in [-0.39, 0.29) is 24.2 Å². The Bertz CT molecular complexity index is 1260. The molecule has 0 heterocycles. The Morgan fingerprint density at radius 1 is 0.974 bits per heavy atom. The Morgan fingerprint density at radius 2 is 1.67 bits per heavy atom. The molecule has 3 rings (SSSR count). The summed E-state index contributed by atoms with van der Waals surface area (Å²) in [7, 11) is 1.22. The molecule has 210 valence electrons. The number of methoxy groups -OCH3 is 1. The number of hydrogen-bond acceptors (Lipinski definition) is 3. The van der Waals surface area contributed by atoms with E-state index in [2.05, 4.69) is 6.92 Å². The standard InChI is InChI=1S/C33H39F3O3/c1-7-8-14-24-19-25(16-15-22(24)2)29-28(39-21-23-12-10-9-11-13-23)18-17-27(33(34,35)36)30(29)26(31(37)38-6)20-32(3,4)5/h9-13,15-19,26H,7-8,14,20-21H2,1-6H3. The molecule has 0 bridgehead atoms. The Kier molecular flexibility index (Phi) is 9.87. The lowest BCUT2D eigenvalue weighted by molar-refractivity contribution is -0.144. The Hall–Kier alpha value is -3.28. The van der Waals surface area contributed by atoms with Crippen LogP contribution in [-0.4, -0.2) is 13.1 Å². The summed E-state index contributed by atoms with van der Waals surface area (Å²) in [4.78, 5) is 13.2. The van der Waals surface area contributed by atoms with Gasteiger partial charge < -0.3 is 9.47 Å². The van der Waals surface area contributed by atoms with Crippen LogP contribution >= 0.6 is 0 Å². The highest BCUT2D eigenvalue weighted by Gasteiger charge is 2.41. The minimum Gasteiger partial charge on any atom is -0.488 e. The van der Waals surface area contributed by atoms with Crippen molar-refractivity contribution in [2.75, 3.05) is 7.11 Å². The molecular weight excluding hydrogens is 501 g/mol. The van der Waals surface area contributed by atoms with E-state index >= 15 is 0 Å². The maximum atomic E-state index is 14.6. The van der Waals surface area contributed by atoms with E-state index in [9.17, 15) is 18.0 Å². The average Bonchev–Trinajstić information content (AvgIpc) is 2.88. The maximum absolute atomic E-state index is 14.6. The quantitative estimate of drug-likeness (QED) is 0.240. The normalized spacial score (nSPS) is 12.7. The highest BCUT2D eigenvalue weighted by Crippen LogP contribution is 2.48. The summed E-state index contributed by atoms with van der Waals surface area (Å²) in [5.41, 5.74) is 2.52. The second kappa shape index (κ2) is 12.7. The van der Waals surface area contributed by atoms with E-state index in [4.69, 9.17) is 9.47 Å². The van der Waals surface area contributed by atoms with Crippen LogP contribution in [0.3, 0.4) is 0 Å². The molecule has 0 amide bonds. The van der Waals surface area contributed by atoms with Gasteiger partial charge in [0, 0.05) is 5.56 Å². The number of hydrogen-bond donors (Lipinski definition) is 0. The molecule has 0 N–H and O–H groups in total. The second-order valence-electron chi connectivity index (χ2n) is 11.3. The highest BCUT2D eigenvalue weighted by atomic mass is 19.4. The molecule has 1 atom stereocenters. The van der Waals surface area contributed by atoms with E-state index in [1.54, 1.807) is 0 Å². The summed E-state index contributed by atoms with van der Waals surface area (Å²) in [5.74, 6) is -1.53. The molecule has 6 heteroatoms. The van der Waals surface area contributed by atoms with Gasteiger partial charge in [0.25, 0.3) is 0 Å². The Balaban J connectivity index is 2.35. The zero-order valence-electron chi connectivity index (χ0n) is 23.7. The van der Waals surface area contributed by atoms with Gasteiger partial charge in [0.05, 0.1) is 18.6 Å². The molecule has 0 aliphatic rings. The van der Waals surface area contributed by atoms with Crippen LogP contribution in [0.25, 0.3) is 11.1 Å². The van der Waals surface area contributed by atoms with Crippen LogP contribution < -0.4 is 4.74 Å². The van der Waals surface area contributed by atoms with Crippen LogP contribution in [-0.2, 0) is 28.7 Å². The summed E-state index contributed by atoms with van der Waals surface area (Å²) in [6.45, 7) is 10.00. The van der Waals surface area contributed by atoms with Gasteiger partial charge in [-0.3, -0.25) is 4.79 Å². The van der Waals surface area contributed by atoms with Gasteiger partial charge >= 0.3 is 12.1 Å². The van der Waals surface area contributed by atoms with Crippen molar-refractivity contribution in [2.24, 2.45) is 5.41 Å². The number of unbranched alkanes of at least 4 members (excludes halogenated alkanes) is 1. The molecule has 0 aliphatic carbocycles. The number of esters is 1. The molecule has 0 saturated carbocycles. The Morgan fingerprint density at radius 3 is 2.26 bits per heavy atom. The molecule has 0 aromatic heterocycles. The van der Waals surface area contributed by atoms with Crippen LogP contribution in [0.1, 0.15) is 80.7 Å². The van der Waals surface area contributed by atoms with E-state index in [1.807, 2.05) is 76.2 Å². The number of ether oxygens (including phenoxy) is 2. The van der Waals surface area contributed by atoms with Crippen LogP contribution in [0, 0.1) is 12.3 Å². The van der Waals surface area contributed by atoms with Gasteiger partial charge in [-0.25, -0.2) is 0 Å². The van der Waals surface area contributed by atoms with Crippen molar-refractivity contribution in [3.05, 3.63) is 88.5 Å². The monoisotopic (exact) mass is 540 g/mol. The van der Waals surface area contributed by atoms with Crippen molar-refractivity contribution in [2.45, 2.75) is 79.0 Å². The molecule has 3 aromatic rings. The second-order valence-corrected chi connectivity index (χ2v) is 11.3. The Labute approximate surface area is 230 Å². The number of benzene rings is 3. The SMILES string of the molecule is CCCCc1cc(-c2c(OCc3ccccc3)ccc(C(F)(F)F)c2C(CC(C)(C)C)C(=O)OC)ccc1C. The first kappa shape index (κ1) is 30.3. The third kappa shape index (κ3) is 7.87. The third-order valence-corrected chi connectivity index (χ3v) is 6.84. The van der Waals surface area contributed by atoms with Crippen LogP contribution in [0.2, 0.25) is 0 Å². The van der Waals surface area contributed by atoms with Crippen molar-refractivity contribution >= 4 is 5.97 Å². The first-order valence-electron chi connectivity index (χ1n) is 13.4. The van der Waals surface area contributed by atoms with E-state index in [1.165, 1.54) is 13.2 Å². The van der Waals surface area contributed by atoms with Crippen LogP contribution in [0.15, 0.2) is 60.7 Å². The van der Waals surface area contributed by atoms with Crippen molar-refractivity contribution in [1.29, 1.82) is 0 Å². The molecule has 0 aliphatic heterocycles. The summed E-state index contributed by atoms with van der Waals surface area (Å²) in [6, 6.07) is 17.6. The first-order chi connectivity index (χ1) is 18.4. The van der Waals surface area contributed by atoms with E-state index < -0.39 is 29.0 Å². The summed E-state index contributed by atoms with van der Waals surface area (Å²) >= 11 is 0. The number of aryl methyl sites for hydroxylation is 2. The van der Waals surface area contributed by atoms with Gasteiger partial charge in [0.15, 0.2) is 0 Å². The fourth-order valence-electron chi connectivity index (χ4n) is 4.88. The highest BCUT2D eigenvalue weighted by molar-refractivity contribution is 5.86. The molecule has 3 aromatic carbocycles. The zero-order valence-corrected chi connectivity index (χ0v) is 23.7. The van der Waals surface area contributed by atoms with E-state index in [0.717, 1.165) is 42.0 Å². The minimum atomic E-state index is -4.68. The molecule has 39 heavy (non-hydrogen) atoms. The summed E-state index contributed by atoms with van der Waals surface area (Å²) in [5, 5.41) is 0. The number of alkyl halides is 3. The molecule has 0 fully saturated rings. The number of rotatable bonds is 10. The number of halogens is 3. The minimum absolute atomic E-state index is 0.0971. The van der Waals surface area contributed by atoms with Gasteiger partial charge in [-0.1, -0.05) is 82.6 Å². The molecular formula is C33H39F3O3. The van der Waals surface area contributed by atoms with Gasteiger partial charge in [0.1, 0.15) is 12.4 Å². The molecule has 0 saturated heterocycles. The predicted molar refractivity (Wildman–Crippen MR) is 150 cm³/mol. The van der Waals surface area contributed by atoms with Gasteiger partial charge in [-0.2, -0.15) is 13.2 Å². The molecule has 0 spiro atoms. The van der Waals surface area contributed by atoms with Crippen molar-refractivity contribution in [3.8, 4) is 16.9 Å². The van der Waals surface area contributed by atoms with Gasteiger partial charge in [0.2, 0.25) is 0 Å². The topological polar surface area (TPSA) is 35.5 Å². The van der Waals surface area contributed by atoms with Crippen molar-refractivity contribution in [1.82, 2.24) is 0 Å². The predicted octanol–water partition coefficient (Wildman–Crippen LogP) is 9.30. The number of carbonyl (C=O) groups excluding carboxylic acids is 1. The number of carbonyl (C=O) groups is 1. The van der Waals surface area contributed by atoms with Crippen LogP contribution in [0.4, 0.5) is 13.2 Å². The average molecular weight is 541 g/mol. The third-order valence-electron chi connectivity index (χ3n) is 6.84. The van der Waals surface area contributed by atoms with Crippen molar-refractivity contribution in [3.63, 3.8) is 0 Å². The lowest BCUT2D eigenvalue weighted by atomic mass is 9.77. The van der Waals surface area contributed by atoms with Crippen molar-refractivity contribution < 1.29 is 27.4 Å². The fraction of sp³-hybridized carbons (Fsp3) is 0.424. The largest absolute Gasteiger partial charge is 0.488 e. The molecule has 1 unspecified atom stereocenters. The first-order valence-corrected chi connectivity index (χ1v) is 13.4. The van der Waals surface area contributed by atoms with E-state index in [0.29, 0.717) is 11.3 Å². The lowest BCUT2D eigenvalue weighted by Gasteiger charge is -2.30. The van der Waals surface area contributed by atoms with Gasteiger partial charge in [-0.15, -0.1) is 0 Å². The smallest absolute Gasteiger partial charge is 0.416 e. The zero-order chi connectivity index (χ0) is 28.8. The lowest BCUT2D eigenvalue weighted by Crippen LogP contribution is -2.25. The molecule has 3 nitrogen and oxygen atoms in total. The fourth-order valence-corrected chi connectivity index (χ4v) is 4.88. The van der Waals surface area contributed by atoms with Crippen LogP contribution in [0.5, 0.6) is 5.75 Å². The summed E-state index contributed by atoms with van der Waals surface area (Å²) in [6.07, 6.45) is -1.73. The summed E-state index contributed by atoms with van der Waals surface area (Å²) < 4.78 is 55.1. The maximum Gasteiger partial charge on any atom is 0.416 e. The van der Waals surface area contributed by atoms with Gasteiger partial charge in [-0.05, 0) is 71.6 Å². The molecule has 0 radical (unpaired) electrons.